The summed E-state index contributed by atoms with van der Waals surface area (Å²) in [5, 5.41) is 3.85. The third-order valence-electron chi connectivity index (χ3n) is 5.83. The van der Waals surface area contributed by atoms with Crippen molar-refractivity contribution in [3.8, 4) is 5.75 Å². The van der Waals surface area contributed by atoms with E-state index in [9.17, 15) is 4.79 Å². The molecule has 0 spiro atoms. The summed E-state index contributed by atoms with van der Waals surface area (Å²) in [6.07, 6.45) is 8.93. The minimum absolute atomic E-state index is 0.0168. The van der Waals surface area contributed by atoms with E-state index < -0.39 is 0 Å². The molecule has 1 aromatic carbocycles. The molecule has 2 aromatic rings. The highest BCUT2D eigenvalue weighted by Gasteiger charge is 2.26. The van der Waals surface area contributed by atoms with E-state index in [0.717, 1.165) is 50.9 Å². The summed E-state index contributed by atoms with van der Waals surface area (Å²) in [5.41, 5.74) is 2.82. The molecule has 1 aliphatic carbocycles. The molecule has 144 valence electrons. The molecule has 2 atom stereocenters. The van der Waals surface area contributed by atoms with Crippen molar-refractivity contribution in [3.63, 3.8) is 0 Å². The van der Waals surface area contributed by atoms with Crippen molar-refractivity contribution in [2.45, 2.75) is 44.2 Å². The minimum Gasteiger partial charge on any atom is -0.497 e. The molecule has 2 aliphatic rings. The van der Waals surface area contributed by atoms with Gasteiger partial charge in [-0.1, -0.05) is 6.07 Å². The highest BCUT2D eigenvalue weighted by molar-refractivity contribution is 5.38. The molecule has 27 heavy (non-hydrogen) atoms. The summed E-state index contributed by atoms with van der Waals surface area (Å²) in [5.74, 6) is 1.51. The SMILES string of the molecule is COc1ccc2c(c1)C[C@@H](N[C@H]1CCCN(c3nccn(C)c3=O)C1)CC2. The number of methoxy groups -OCH3 is 1. The van der Waals surface area contributed by atoms with E-state index in [-0.39, 0.29) is 5.56 Å². The average Bonchev–Trinajstić information content (AvgIpc) is 2.69. The molecule has 0 bridgehead atoms. The fraction of sp³-hybridized carbons (Fsp3) is 0.524. The summed E-state index contributed by atoms with van der Waals surface area (Å²) in [6, 6.07) is 7.29. The van der Waals surface area contributed by atoms with Crippen LogP contribution in [-0.4, -0.2) is 41.8 Å². The molecule has 1 N–H and O–H groups in total. The lowest BCUT2D eigenvalue weighted by molar-refractivity contribution is 0.349. The first-order chi connectivity index (χ1) is 13.1. The molecule has 0 amide bonds. The third-order valence-corrected chi connectivity index (χ3v) is 5.83. The number of anilines is 1. The molecule has 1 aromatic heterocycles. The molecule has 6 heteroatoms. The maximum Gasteiger partial charge on any atom is 0.293 e. The second kappa shape index (κ2) is 7.72. The topological polar surface area (TPSA) is 59.4 Å². The lowest BCUT2D eigenvalue weighted by Gasteiger charge is -2.37. The monoisotopic (exact) mass is 368 g/mol. The predicted octanol–water partition coefficient (Wildman–Crippen LogP) is 1.90. The molecular weight excluding hydrogens is 340 g/mol. The molecule has 2 heterocycles. The number of aromatic nitrogens is 2. The molecule has 1 aliphatic heterocycles. The predicted molar refractivity (Wildman–Crippen MR) is 107 cm³/mol. The van der Waals surface area contributed by atoms with E-state index >= 15 is 0 Å². The zero-order valence-corrected chi connectivity index (χ0v) is 16.1. The Labute approximate surface area is 160 Å². The molecule has 0 saturated carbocycles. The van der Waals surface area contributed by atoms with Crippen LogP contribution in [0.2, 0.25) is 0 Å². The number of hydrogen-bond acceptors (Lipinski definition) is 5. The van der Waals surface area contributed by atoms with E-state index in [1.165, 1.54) is 11.1 Å². The fourth-order valence-corrected chi connectivity index (χ4v) is 4.34. The maximum atomic E-state index is 12.4. The van der Waals surface area contributed by atoms with Gasteiger partial charge in [0, 0.05) is 44.6 Å². The van der Waals surface area contributed by atoms with Crippen LogP contribution in [0.5, 0.6) is 5.75 Å². The van der Waals surface area contributed by atoms with Gasteiger partial charge in [0.25, 0.3) is 5.56 Å². The fourth-order valence-electron chi connectivity index (χ4n) is 4.34. The summed E-state index contributed by atoms with van der Waals surface area (Å²) >= 11 is 0. The quantitative estimate of drug-likeness (QED) is 0.893. The van der Waals surface area contributed by atoms with Gasteiger partial charge in [0.05, 0.1) is 7.11 Å². The summed E-state index contributed by atoms with van der Waals surface area (Å²) in [7, 11) is 3.50. The first-order valence-corrected chi connectivity index (χ1v) is 9.82. The molecule has 6 nitrogen and oxygen atoms in total. The van der Waals surface area contributed by atoms with Gasteiger partial charge in [-0.25, -0.2) is 4.98 Å². The smallest absolute Gasteiger partial charge is 0.293 e. The van der Waals surface area contributed by atoms with Crippen molar-refractivity contribution in [3.05, 3.63) is 52.1 Å². The van der Waals surface area contributed by atoms with Crippen molar-refractivity contribution in [1.29, 1.82) is 0 Å². The Morgan fingerprint density at radius 1 is 1.22 bits per heavy atom. The second-order valence-corrected chi connectivity index (χ2v) is 7.69. The second-order valence-electron chi connectivity index (χ2n) is 7.69. The van der Waals surface area contributed by atoms with E-state index in [1.807, 2.05) is 0 Å². The first-order valence-electron chi connectivity index (χ1n) is 9.82. The molecule has 1 fully saturated rings. The van der Waals surface area contributed by atoms with Crippen LogP contribution in [0, 0.1) is 0 Å². The van der Waals surface area contributed by atoms with Crippen LogP contribution in [0.4, 0.5) is 5.82 Å². The minimum atomic E-state index is -0.0168. The number of nitrogens with one attached hydrogen (secondary N) is 1. The van der Waals surface area contributed by atoms with E-state index in [1.54, 1.807) is 31.1 Å². The average molecular weight is 368 g/mol. The van der Waals surface area contributed by atoms with Gasteiger partial charge in [-0.15, -0.1) is 0 Å². The van der Waals surface area contributed by atoms with Crippen molar-refractivity contribution >= 4 is 5.82 Å². The molecule has 0 unspecified atom stereocenters. The van der Waals surface area contributed by atoms with Gasteiger partial charge in [-0.3, -0.25) is 4.79 Å². The number of piperidine rings is 1. The lowest BCUT2D eigenvalue weighted by atomic mass is 9.87. The number of hydrogen-bond donors (Lipinski definition) is 1. The van der Waals surface area contributed by atoms with Crippen LogP contribution in [0.15, 0.2) is 35.4 Å². The van der Waals surface area contributed by atoms with Gasteiger partial charge in [0.1, 0.15) is 5.75 Å². The lowest BCUT2D eigenvalue weighted by Crippen LogP contribution is -2.51. The van der Waals surface area contributed by atoms with Gasteiger partial charge >= 0.3 is 0 Å². The largest absolute Gasteiger partial charge is 0.497 e. The van der Waals surface area contributed by atoms with Crippen LogP contribution in [0.3, 0.4) is 0 Å². The Hall–Kier alpha value is -2.34. The van der Waals surface area contributed by atoms with Crippen LogP contribution in [0.1, 0.15) is 30.4 Å². The molecular formula is C21H28N4O2. The summed E-state index contributed by atoms with van der Waals surface area (Å²) in [4.78, 5) is 18.9. The van der Waals surface area contributed by atoms with Crippen molar-refractivity contribution in [2.75, 3.05) is 25.1 Å². The summed E-state index contributed by atoms with van der Waals surface area (Å²) < 4.78 is 6.99. The number of benzene rings is 1. The van der Waals surface area contributed by atoms with Crippen molar-refractivity contribution in [2.24, 2.45) is 7.05 Å². The van der Waals surface area contributed by atoms with Gasteiger partial charge in [0.2, 0.25) is 0 Å². The Bertz CT molecular complexity index is 864. The molecule has 0 radical (unpaired) electrons. The van der Waals surface area contributed by atoms with Crippen molar-refractivity contribution < 1.29 is 4.74 Å². The Morgan fingerprint density at radius 2 is 2.11 bits per heavy atom. The normalized spacial score (nSPS) is 22.4. The Kier molecular flexibility index (Phi) is 5.16. The third kappa shape index (κ3) is 3.86. The van der Waals surface area contributed by atoms with Gasteiger partial charge in [-0.05, 0) is 55.4 Å². The first kappa shape index (κ1) is 18.0. The van der Waals surface area contributed by atoms with E-state index in [4.69, 9.17) is 4.74 Å². The zero-order valence-electron chi connectivity index (χ0n) is 16.1. The van der Waals surface area contributed by atoms with Crippen LogP contribution >= 0.6 is 0 Å². The van der Waals surface area contributed by atoms with Crippen LogP contribution < -0.4 is 20.5 Å². The Balaban J connectivity index is 1.42. The Morgan fingerprint density at radius 3 is 2.96 bits per heavy atom. The number of nitrogens with zero attached hydrogens (tertiary/aromatic N) is 3. The number of aryl methyl sites for hydroxylation is 2. The van der Waals surface area contributed by atoms with Crippen molar-refractivity contribution in [1.82, 2.24) is 14.9 Å². The van der Waals surface area contributed by atoms with Gasteiger partial charge < -0.3 is 19.5 Å². The summed E-state index contributed by atoms with van der Waals surface area (Å²) in [6.45, 7) is 1.74. The van der Waals surface area contributed by atoms with Crippen LogP contribution in [0.25, 0.3) is 0 Å². The van der Waals surface area contributed by atoms with Gasteiger partial charge in [-0.2, -0.15) is 0 Å². The standard InChI is InChI=1S/C21H28N4O2/c1-24-11-9-22-20(21(24)26)25-10-3-4-18(14-25)23-17-7-5-15-6-8-19(27-2)13-16(15)12-17/h6,8-9,11,13,17-18,23H,3-5,7,10,12,14H2,1-2H3/t17-,18-/m0/s1. The molecule has 1 saturated heterocycles. The zero-order chi connectivity index (χ0) is 18.8. The highest BCUT2D eigenvalue weighted by atomic mass is 16.5. The number of rotatable bonds is 4. The van der Waals surface area contributed by atoms with Gasteiger partial charge in [0.15, 0.2) is 5.82 Å². The maximum absolute atomic E-state index is 12.4. The molecule has 4 rings (SSSR count). The van der Waals surface area contributed by atoms with E-state index in [2.05, 4.69) is 33.4 Å². The number of fused-ring (bicyclic) bond motifs is 1. The number of ether oxygens (including phenoxy) is 1. The van der Waals surface area contributed by atoms with Crippen LogP contribution in [-0.2, 0) is 19.9 Å². The van der Waals surface area contributed by atoms with E-state index in [0.29, 0.717) is 17.9 Å². The highest BCUT2D eigenvalue weighted by Crippen LogP contribution is 2.26.